The first-order valence-electron chi connectivity index (χ1n) is 6.87. The van der Waals surface area contributed by atoms with Crippen LogP contribution in [-0.2, 0) is 4.79 Å². The average molecular weight is 380 g/mol. The Hall–Kier alpha value is -1.40. The van der Waals surface area contributed by atoms with Crippen LogP contribution in [0.3, 0.4) is 0 Å². The van der Waals surface area contributed by atoms with Crippen molar-refractivity contribution >= 4 is 39.3 Å². The number of rotatable bonds is 4. The fourth-order valence-corrected chi connectivity index (χ4v) is 3.18. The van der Waals surface area contributed by atoms with Gasteiger partial charge in [0.2, 0.25) is 5.91 Å². The molecule has 2 rings (SSSR count). The van der Waals surface area contributed by atoms with Crippen LogP contribution in [0.4, 0.5) is 5.69 Å². The molecule has 22 heavy (non-hydrogen) atoms. The van der Waals surface area contributed by atoms with E-state index in [0.717, 1.165) is 32.7 Å². The summed E-state index contributed by atoms with van der Waals surface area (Å²) in [5.74, 6) is 0.231. The third kappa shape index (κ3) is 4.30. The number of amides is 1. The van der Waals surface area contributed by atoms with E-state index in [4.69, 9.17) is 0 Å². The van der Waals surface area contributed by atoms with Crippen molar-refractivity contribution in [2.45, 2.75) is 32.9 Å². The topological polar surface area (TPSA) is 54.9 Å². The van der Waals surface area contributed by atoms with E-state index < -0.39 is 0 Å². The van der Waals surface area contributed by atoms with Crippen molar-refractivity contribution in [1.82, 2.24) is 9.97 Å². The van der Waals surface area contributed by atoms with E-state index in [2.05, 4.69) is 31.2 Å². The third-order valence-electron chi connectivity index (χ3n) is 3.29. The zero-order valence-electron chi connectivity index (χ0n) is 13.0. The Bertz CT molecular complexity index is 699. The molecule has 6 heteroatoms. The van der Waals surface area contributed by atoms with Crippen LogP contribution >= 0.6 is 27.7 Å². The van der Waals surface area contributed by atoms with E-state index >= 15 is 0 Å². The SMILES string of the molecule is Cc1cc(C)nc(SCC(=O)Nc2ccc(Br)c(C)c2C)n1. The number of halogens is 1. The van der Waals surface area contributed by atoms with Crippen LogP contribution in [0.1, 0.15) is 22.5 Å². The van der Waals surface area contributed by atoms with Crippen LogP contribution in [0.2, 0.25) is 0 Å². The minimum absolute atomic E-state index is 0.0578. The molecule has 0 fully saturated rings. The summed E-state index contributed by atoms with van der Waals surface area (Å²) in [6, 6.07) is 5.76. The average Bonchev–Trinajstić information content (AvgIpc) is 2.45. The van der Waals surface area contributed by atoms with Crippen LogP contribution in [0.25, 0.3) is 0 Å². The first-order valence-corrected chi connectivity index (χ1v) is 8.65. The number of anilines is 1. The van der Waals surface area contributed by atoms with Crippen LogP contribution < -0.4 is 5.32 Å². The molecule has 0 bridgehead atoms. The highest BCUT2D eigenvalue weighted by Crippen LogP contribution is 2.26. The summed E-state index contributed by atoms with van der Waals surface area (Å²) in [6.07, 6.45) is 0. The molecule has 0 saturated carbocycles. The van der Waals surface area contributed by atoms with E-state index in [0.29, 0.717) is 5.16 Å². The lowest BCUT2D eigenvalue weighted by Gasteiger charge is -2.11. The lowest BCUT2D eigenvalue weighted by Crippen LogP contribution is -2.15. The number of aromatic nitrogens is 2. The number of carbonyl (C=O) groups is 1. The Balaban J connectivity index is 2.00. The molecule has 0 radical (unpaired) electrons. The number of aryl methyl sites for hydroxylation is 2. The molecule has 2 aromatic rings. The molecule has 0 aliphatic carbocycles. The van der Waals surface area contributed by atoms with Crippen molar-refractivity contribution in [2.75, 3.05) is 11.1 Å². The van der Waals surface area contributed by atoms with E-state index in [-0.39, 0.29) is 11.7 Å². The van der Waals surface area contributed by atoms with Gasteiger partial charge in [-0.2, -0.15) is 0 Å². The van der Waals surface area contributed by atoms with Gasteiger partial charge in [-0.05, 0) is 57.0 Å². The molecule has 0 unspecified atom stereocenters. The van der Waals surface area contributed by atoms with Crippen LogP contribution in [0, 0.1) is 27.7 Å². The second-order valence-electron chi connectivity index (χ2n) is 5.12. The molecule has 1 heterocycles. The normalized spacial score (nSPS) is 10.6. The van der Waals surface area contributed by atoms with Gasteiger partial charge >= 0.3 is 0 Å². The molecule has 0 atom stereocenters. The van der Waals surface area contributed by atoms with Gasteiger partial charge in [-0.1, -0.05) is 27.7 Å². The summed E-state index contributed by atoms with van der Waals surface area (Å²) in [4.78, 5) is 20.7. The monoisotopic (exact) mass is 379 g/mol. The van der Waals surface area contributed by atoms with Gasteiger partial charge < -0.3 is 5.32 Å². The summed E-state index contributed by atoms with van der Waals surface area (Å²) < 4.78 is 1.04. The standard InChI is InChI=1S/C16H18BrN3OS/c1-9-7-10(2)19-16(18-9)22-8-15(21)20-14-6-5-13(17)11(3)12(14)4/h5-7H,8H2,1-4H3,(H,20,21). The van der Waals surface area contributed by atoms with Gasteiger partial charge in [-0.15, -0.1) is 0 Å². The Morgan fingerprint density at radius 1 is 1.14 bits per heavy atom. The quantitative estimate of drug-likeness (QED) is 0.638. The summed E-state index contributed by atoms with van der Waals surface area (Å²) in [7, 11) is 0. The van der Waals surface area contributed by atoms with Crippen molar-refractivity contribution in [3.8, 4) is 0 Å². The number of benzene rings is 1. The third-order valence-corrected chi connectivity index (χ3v) is 5.00. The maximum Gasteiger partial charge on any atom is 0.234 e. The zero-order chi connectivity index (χ0) is 16.3. The molecule has 4 nitrogen and oxygen atoms in total. The molecule has 0 saturated heterocycles. The molecule has 1 aromatic heterocycles. The van der Waals surface area contributed by atoms with Crippen LogP contribution in [-0.4, -0.2) is 21.6 Å². The minimum Gasteiger partial charge on any atom is -0.325 e. The Labute approximate surface area is 143 Å². The second kappa shape index (κ2) is 7.24. The molecular weight excluding hydrogens is 362 g/mol. The largest absolute Gasteiger partial charge is 0.325 e. The van der Waals surface area contributed by atoms with Crippen molar-refractivity contribution in [1.29, 1.82) is 0 Å². The molecule has 1 aromatic carbocycles. The number of hydrogen-bond donors (Lipinski definition) is 1. The molecule has 0 spiro atoms. The lowest BCUT2D eigenvalue weighted by atomic mass is 10.1. The zero-order valence-corrected chi connectivity index (χ0v) is 15.4. The molecule has 0 aliphatic heterocycles. The molecule has 1 amide bonds. The Kier molecular flexibility index (Phi) is 5.58. The fraction of sp³-hybridized carbons (Fsp3) is 0.312. The van der Waals surface area contributed by atoms with Gasteiger partial charge in [0.05, 0.1) is 5.75 Å². The Morgan fingerprint density at radius 2 is 1.77 bits per heavy atom. The van der Waals surface area contributed by atoms with Crippen molar-refractivity contribution < 1.29 is 4.79 Å². The highest BCUT2D eigenvalue weighted by atomic mass is 79.9. The number of nitrogens with zero attached hydrogens (tertiary/aromatic N) is 2. The lowest BCUT2D eigenvalue weighted by molar-refractivity contribution is -0.113. The Morgan fingerprint density at radius 3 is 2.41 bits per heavy atom. The molecule has 1 N–H and O–H groups in total. The van der Waals surface area contributed by atoms with E-state index in [1.54, 1.807) is 0 Å². The number of nitrogens with one attached hydrogen (secondary N) is 1. The molecular formula is C16H18BrN3OS. The maximum atomic E-state index is 12.1. The molecule has 116 valence electrons. The van der Waals surface area contributed by atoms with Gasteiger partial charge in [-0.3, -0.25) is 4.79 Å². The number of carbonyl (C=O) groups excluding carboxylic acids is 1. The molecule has 0 aliphatic rings. The summed E-state index contributed by atoms with van der Waals surface area (Å²) in [5, 5.41) is 3.58. The van der Waals surface area contributed by atoms with E-state index in [1.165, 1.54) is 11.8 Å². The van der Waals surface area contributed by atoms with Crippen molar-refractivity contribution in [2.24, 2.45) is 0 Å². The second-order valence-corrected chi connectivity index (χ2v) is 6.91. The maximum absolute atomic E-state index is 12.1. The highest BCUT2D eigenvalue weighted by molar-refractivity contribution is 9.10. The van der Waals surface area contributed by atoms with E-state index in [9.17, 15) is 4.79 Å². The van der Waals surface area contributed by atoms with Gasteiger partial charge in [0.25, 0.3) is 0 Å². The number of hydrogen-bond acceptors (Lipinski definition) is 4. The van der Waals surface area contributed by atoms with Gasteiger partial charge in [0.15, 0.2) is 5.16 Å². The van der Waals surface area contributed by atoms with E-state index in [1.807, 2.05) is 45.9 Å². The predicted octanol–water partition coefficient (Wildman–Crippen LogP) is 4.20. The first kappa shape index (κ1) is 17.0. The first-order chi connectivity index (χ1) is 10.4. The van der Waals surface area contributed by atoms with Crippen molar-refractivity contribution in [3.63, 3.8) is 0 Å². The minimum atomic E-state index is -0.0578. The summed E-state index contributed by atoms with van der Waals surface area (Å²) >= 11 is 4.83. The predicted molar refractivity (Wildman–Crippen MR) is 94.5 cm³/mol. The summed E-state index contributed by atoms with van der Waals surface area (Å²) in [6.45, 7) is 7.86. The summed E-state index contributed by atoms with van der Waals surface area (Å²) in [5.41, 5.74) is 4.86. The van der Waals surface area contributed by atoms with Crippen LogP contribution in [0.5, 0.6) is 0 Å². The van der Waals surface area contributed by atoms with Gasteiger partial charge in [0.1, 0.15) is 0 Å². The number of thioether (sulfide) groups is 1. The van der Waals surface area contributed by atoms with Gasteiger partial charge in [0, 0.05) is 21.5 Å². The van der Waals surface area contributed by atoms with Gasteiger partial charge in [-0.25, -0.2) is 9.97 Å². The van der Waals surface area contributed by atoms with Crippen LogP contribution in [0.15, 0.2) is 27.8 Å². The highest BCUT2D eigenvalue weighted by Gasteiger charge is 2.10. The fourth-order valence-electron chi connectivity index (χ4n) is 2.00. The smallest absolute Gasteiger partial charge is 0.234 e. The van der Waals surface area contributed by atoms with Crippen molar-refractivity contribution in [3.05, 3.63) is 45.2 Å².